The molecule has 2 aromatic heterocycles. The van der Waals surface area contributed by atoms with Crippen molar-refractivity contribution in [2.75, 3.05) is 11.9 Å². The number of aromatic nitrogens is 3. The zero-order valence-corrected chi connectivity index (χ0v) is 9.85. The summed E-state index contributed by atoms with van der Waals surface area (Å²) in [5.74, 6) is 0. The second kappa shape index (κ2) is 4.63. The predicted molar refractivity (Wildman–Crippen MR) is 62.6 cm³/mol. The zero-order chi connectivity index (χ0) is 10.7. The van der Waals surface area contributed by atoms with Crippen LogP contribution in [-0.2, 0) is 6.54 Å². The highest BCUT2D eigenvalue weighted by Crippen LogP contribution is 2.18. The lowest BCUT2D eigenvalue weighted by Crippen LogP contribution is -2.10. The topological polar surface area (TPSA) is 42.7 Å². The van der Waals surface area contributed by atoms with Crippen LogP contribution in [0.25, 0.3) is 0 Å². The number of anilines is 1. The Kier molecular flexibility index (Phi) is 3.23. The van der Waals surface area contributed by atoms with E-state index in [1.807, 2.05) is 29.4 Å². The standard InChI is InChI=1S/C9H11ClN4S/c1-7-4-12-14(5-7)3-2-11-9-13-8(10)6-15-9/h4-6H,2-3H2,1H3,(H,11,13). The summed E-state index contributed by atoms with van der Waals surface area (Å²) in [6, 6.07) is 0. The Labute approximate surface area is 96.9 Å². The Hall–Kier alpha value is -1.07. The summed E-state index contributed by atoms with van der Waals surface area (Å²) in [5, 5.41) is 10.6. The van der Waals surface area contributed by atoms with E-state index in [4.69, 9.17) is 11.6 Å². The fourth-order valence-corrected chi connectivity index (χ4v) is 2.07. The Morgan fingerprint density at radius 3 is 3.07 bits per heavy atom. The third-order valence-electron chi connectivity index (χ3n) is 1.86. The number of hydrogen-bond acceptors (Lipinski definition) is 4. The van der Waals surface area contributed by atoms with E-state index in [1.54, 1.807) is 0 Å². The van der Waals surface area contributed by atoms with Crippen LogP contribution in [0.15, 0.2) is 17.8 Å². The van der Waals surface area contributed by atoms with E-state index < -0.39 is 0 Å². The van der Waals surface area contributed by atoms with Crippen LogP contribution in [-0.4, -0.2) is 21.3 Å². The highest BCUT2D eigenvalue weighted by molar-refractivity contribution is 7.14. The lowest BCUT2D eigenvalue weighted by Gasteiger charge is -2.02. The molecule has 0 aliphatic rings. The van der Waals surface area contributed by atoms with Gasteiger partial charge in [0.15, 0.2) is 5.13 Å². The summed E-state index contributed by atoms with van der Waals surface area (Å²) in [6.07, 6.45) is 3.86. The van der Waals surface area contributed by atoms with Crippen molar-refractivity contribution in [1.29, 1.82) is 0 Å². The van der Waals surface area contributed by atoms with E-state index in [0.717, 1.165) is 18.2 Å². The van der Waals surface area contributed by atoms with Crippen molar-refractivity contribution in [1.82, 2.24) is 14.8 Å². The molecule has 0 saturated carbocycles. The number of rotatable bonds is 4. The van der Waals surface area contributed by atoms with Gasteiger partial charge in [-0.1, -0.05) is 11.6 Å². The third kappa shape index (κ3) is 2.94. The first-order chi connectivity index (χ1) is 7.24. The highest BCUT2D eigenvalue weighted by atomic mass is 35.5. The van der Waals surface area contributed by atoms with Crippen LogP contribution >= 0.6 is 22.9 Å². The lowest BCUT2D eigenvalue weighted by molar-refractivity contribution is 0.637. The molecule has 15 heavy (non-hydrogen) atoms. The Morgan fingerprint density at radius 2 is 2.47 bits per heavy atom. The maximum Gasteiger partial charge on any atom is 0.184 e. The molecular formula is C9H11ClN4S. The number of thiazole rings is 1. The van der Waals surface area contributed by atoms with Gasteiger partial charge in [0.25, 0.3) is 0 Å². The molecule has 2 aromatic rings. The molecule has 80 valence electrons. The fraction of sp³-hybridized carbons (Fsp3) is 0.333. The average molecular weight is 243 g/mol. The van der Waals surface area contributed by atoms with Gasteiger partial charge in [-0.3, -0.25) is 4.68 Å². The molecule has 0 radical (unpaired) electrons. The number of aryl methyl sites for hydroxylation is 1. The first-order valence-electron chi connectivity index (χ1n) is 4.58. The first kappa shape index (κ1) is 10.4. The Bertz CT molecular complexity index is 397. The molecular weight excluding hydrogens is 232 g/mol. The minimum absolute atomic E-state index is 0.539. The largest absolute Gasteiger partial charge is 0.360 e. The maximum atomic E-state index is 5.70. The van der Waals surface area contributed by atoms with E-state index in [-0.39, 0.29) is 0 Å². The summed E-state index contributed by atoms with van der Waals surface area (Å²) in [6.45, 7) is 3.65. The van der Waals surface area contributed by atoms with Crippen LogP contribution in [0.4, 0.5) is 5.13 Å². The molecule has 0 saturated heterocycles. The molecule has 0 spiro atoms. The maximum absolute atomic E-state index is 5.70. The van der Waals surface area contributed by atoms with E-state index in [0.29, 0.717) is 5.15 Å². The van der Waals surface area contributed by atoms with Crippen LogP contribution in [0.1, 0.15) is 5.56 Å². The van der Waals surface area contributed by atoms with Crippen molar-refractivity contribution in [3.8, 4) is 0 Å². The number of nitrogens with one attached hydrogen (secondary N) is 1. The molecule has 2 rings (SSSR count). The van der Waals surface area contributed by atoms with Crippen molar-refractivity contribution >= 4 is 28.1 Å². The predicted octanol–water partition coefficient (Wildman–Crippen LogP) is 2.41. The summed E-state index contributed by atoms with van der Waals surface area (Å²) < 4.78 is 1.90. The van der Waals surface area contributed by atoms with Gasteiger partial charge in [-0.2, -0.15) is 5.10 Å². The lowest BCUT2D eigenvalue weighted by atomic mass is 10.4. The average Bonchev–Trinajstić information content (AvgIpc) is 2.76. The van der Waals surface area contributed by atoms with Crippen LogP contribution in [0, 0.1) is 6.92 Å². The SMILES string of the molecule is Cc1cnn(CCNc2nc(Cl)cs2)c1. The van der Waals surface area contributed by atoms with Crippen LogP contribution in [0.2, 0.25) is 5.15 Å². The van der Waals surface area contributed by atoms with E-state index in [9.17, 15) is 0 Å². The Balaban J connectivity index is 1.80. The van der Waals surface area contributed by atoms with Crippen molar-refractivity contribution in [3.63, 3.8) is 0 Å². The zero-order valence-electron chi connectivity index (χ0n) is 8.27. The minimum atomic E-state index is 0.539. The van der Waals surface area contributed by atoms with Crippen LogP contribution < -0.4 is 5.32 Å². The van der Waals surface area contributed by atoms with Crippen LogP contribution in [0.3, 0.4) is 0 Å². The Morgan fingerprint density at radius 1 is 1.60 bits per heavy atom. The molecule has 4 nitrogen and oxygen atoms in total. The molecule has 0 bridgehead atoms. The molecule has 0 amide bonds. The van der Waals surface area contributed by atoms with Crippen LogP contribution in [0.5, 0.6) is 0 Å². The number of halogens is 1. The van der Waals surface area contributed by atoms with E-state index in [2.05, 4.69) is 15.4 Å². The first-order valence-corrected chi connectivity index (χ1v) is 5.84. The van der Waals surface area contributed by atoms with Gasteiger partial charge in [0.2, 0.25) is 0 Å². The van der Waals surface area contributed by atoms with Crippen molar-refractivity contribution in [3.05, 3.63) is 28.5 Å². The molecule has 0 atom stereocenters. The van der Waals surface area contributed by atoms with Gasteiger partial charge < -0.3 is 5.32 Å². The summed E-state index contributed by atoms with van der Waals surface area (Å²) in [4.78, 5) is 4.09. The molecule has 1 N–H and O–H groups in total. The minimum Gasteiger partial charge on any atom is -0.360 e. The second-order valence-corrected chi connectivity index (χ2v) is 4.43. The molecule has 2 heterocycles. The van der Waals surface area contributed by atoms with Crippen molar-refractivity contribution < 1.29 is 0 Å². The van der Waals surface area contributed by atoms with Gasteiger partial charge in [-0.15, -0.1) is 11.3 Å². The molecule has 0 aliphatic carbocycles. The quantitative estimate of drug-likeness (QED) is 0.896. The van der Waals surface area contributed by atoms with Gasteiger partial charge >= 0.3 is 0 Å². The molecule has 0 fully saturated rings. The number of hydrogen-bond donors (Lipinski definition) is 1. The van der Waals surface area contributed by atoms with Gasteiger partial charge in [-0.05, 0) is 12.5 Å². The smallest absolute Gasteiger partial charge is 0.184 e. The summed E-state index contributed by atoms with van der Waals surface area (Å²) in [7, 11) is 0. The van der Waals surface area contributed by atoms with Gasteiger partial charge in [0.05, 0.1) is 12.7 Å². The molecule has 6 heteroatoms. The molecule has 0 unspecified atom stereocenters. The normalized spacial score (nSPS) is 10.5. The molecule has 0 aromatic carbocycles. The monoisotopic (exact) mass is 242 g/mol. The molecule has 0 aliphatic heterocycles. The third-order valence-corrected chi connectivity index (χ3v) is 2.98. The van der Waals surface area contributed by atoms with Gasteiger partial charge in [0, 0.05) is 18.1 Å². The highest BCUT2D eigenvalue weighted by Gasteiger charge is 1.98. The van der Waals surface area contributed by atoms with Gasteiger partial charge in [0.1, 0.15) is 5.15 Å². The second-order valence-electron chi connectivity index (χ2n) is 3.18. The van der Waals surface area contributed by atoms with Crippen molar-refractivity contribution in [2.45, 2.75) is 13.5 Å². The van der Waals surface area contributed by atoms with E-state index >= 15 is 0 Å². The van der Waals surface area contributed by atoms with Crippen molar-refractivity contribution in [2.24, 2.45) is 0 Å². The number of nitrogens with zero attached hydrogens (tertiary/aromatic N) is 3. The van der Waals surface area contributed by atoms with Gasteiger partial charge in [-0.25, -0.2) is 4.98 Å². The summed E-state index contributed by atoms with van der Waals surface area (Å²) in [5.41, 5.74) is 1.17. The fourth-order valence-electron chi connectivity index (χ4n) is 1.20. The summed E-state index contributed by atoms with van der Waals surface area (Å²) >= 11 is 7.21. The van der Waals surface area contributed by atoms with E-state index in [1.165, 1.54) is 16.9 Å².